The van der Waals surface area contributed by atoms with Gasteiger partial charge in [-0.2, -0.15) is 0 Å². The molecule has 0 aliphatic heterocycles. The van der Waals surface area contributed by atoms with Crippen LogP contribution in [0, 0.1) is 13.8 Å². The molecule has 0 aromatic carbocycles. The summed E-state index contributed by atoms with van der Waals surface area (Å²) in [5.41, 5.74) is 1.02. The second-order valence-corrected chi connectivity index (χ2v) is 4.87. The lowest BCUT2D eigenvalue weighted by Gasteiger charge is -2.19. The smallest absolute Gasteiger partial charge is 0.0900 e. The fourth-order valence-corrected chi connectivity index (χ4v) is 2.48. The predicted octanol–water partition coefficient (Wildman–Crippen LogP) is 0.764. The summed E-state index contributed by atoms with van der Waals surface area (Å²) in [6.07, 6.45) is 0. The largest absolute Gasteiger partial charge is 0.395 e. The van der Waals surface area contributed by atoms with E-state index in [-0.39, 0.29) is 25.3 Å². The van der Waals surface area contributed by atoms with Crippen molar-refractivity contribution in [2.45, 2.75) is 32.9 Å². The highest BCUT2D eigenvalue weighted by Crippen LogP contribution is 2.24. The van der Waals surface area contributed by atoms with E-state index >= 15 is 0 Å². The molecule has 1 rings (SSSR count). The number of aliphatic hydroxyl groups excluding tert-OH is 2. The second kappa shape index (κ2) is 5.55. The zero-order valence-corrected chi connectivity index (χ0v) is 10.1. The molecule has 1 unspecified atom stereocenters. The molecule has 1 aromatic heterocycles. The molecule has 4 nitrogen and oxygen atoms in total. The molecule has 1 atom stereocenters. The van der Waals surface area contributed by atoms with Crippen molar-refractivity contribution < 1.29 is 10.2 Å². The van der Waals surface area contributed by atoms with Gasteiger partial charge in [0.2, 0.25) is 0 Å². The monoisotopic (exact) mass is 230 g/mol. The van der Waals surface area contributed by atoms with Crippen molar-refractivity contribution in [2.75, 3.05) is 13.2 Å². The molecule has 0 saturated carbocycles. The molecule has 0 aliphatic rings. The molecule has 1 aromatic rings. The van der Waals surface area contributed by atoms with E-state index in [2.05, 4.69) is 10.3 Å². The number of nitrogens with one attached hydrogen (secondary N) is 1. The minimum atomic E-state index is -0.262. The van der Waals surface area contributed by atoms with Crippen molar-refractivity contribution in [1.29, 1.82) is 0 Å². The first-order valence-corrected chi connectivity index (χ1v) is 5.81. The number of aliphatic hydroxyl groups is 2. The van der Waals surface area contributed by atoms with Gasteiger partial charge in [0.15, 0.2) is 0 Å². The highest BCUT2D eigenvalue weighted by Gasteiger charge is 2.16. The molecule has 0 aliphatic carbocycles. The van der Waals surface area contributed by atoms with Crippen molar-refractivity contribution >= 4 is 11.3 Å². The third kappa shape index (κ3) is 3.24. The van der Waals surface area contributed by atoms with Gasteiger partial charge in [-0.25, -0.2) is 4.98 Å². The number of nitrogens with zero attached hydrogens (tertiary/aromatic N) is 1. The molecule has 0 amide bonds. The molecular formula is C10H18N2O2S. The Morgan fingerprint density at radius 1 is 1.33 bits per heavy atom. The van der Waals surface area contributed by atoms with Crippen LogP contribution in [0.3, 0.4) is 0 Å². The van der Waals surface area contributed by atoms with E-state index in [0.29, 0.717) is 0 Å². The van der Waals surface area contributed by atoms with Crippen LogP contribution in [0.1, 0.15) is 28.5 Å². The lowest BCUT2D eigenvalue weighted by Crippen LogP contribution is -2.37. The van der Waals surface area contributed by atoms with Crippen molar-refractivity contribution in [3.05, 3.63) is 15.6 Å². The second-order valence-electron chi connectivity index (χ2n) is 3.63. The van der Waals surface area contributed by atoms with Crippen molar-refractivity contribution in [3.8, 4) is 0 Å². The number of aromatic nitrogens is 1. The molecule has 3 N–H and O–H groups in total. The molecule has 0 spiro atoms. The molecular weight excluding hydrogens is 212 g/mol. The van der Waals surface area contributed by atoms with Crippen LogP contribution in [0.4, 0.5) is 0 Å². The third-order valence-corrected chi connectivity index (χ3v) is 3.51. The van der Waals surface area contributed by atoms with Gasteiger partial charge in [-0.15, -0.1) is 11.3 Å². The lowest BCUT2D eigenvalue weighted by molar-refractivity contribution is 0.164. The summed E-state index contributed by atoms with van der Waals surface area (Å²) in [5.74, 6) is 0. The molecule has 15 heavy (non-hydrogen) atoms. The van der Waals surface area contributed by atoms with Crippen LogP contribution >= 0.6 is 11.3 Å². The summed E-state index contributed by atoms with van der Waals surface area (Å²) in [6.45, 7) is 5.85. The quantitative estimate of drug-likeness (QED) is 0.699. The van der Waals surface area contributed by atoms with Crippen LogP contribution < -0.4 is 5.32 Å². The van der Waals surface area contributed by atoms with E-state index in [9.17, 15) is 0 Å². The lowest BCUT2D eigenvalue weighted by atomic mass is 10.2. The van der Waals surface area contributed by atoms with Gasteiger partial charge in [0.05, 0.1) is 30.0 Å². The number of rotatable bonds is 5. The van der Waals surface area contributed by atoms with Crippen LogP contribution in [-0.2, 0) is 0 Å². The number of thiazole rings is 1. The summed E-state index contributed by atoms with van der Waals surface area (Å²) in [5, 5.41) is 22.1. The zero-order valence-electron chi connectivity index (χ0n) is 9.32. The Kier molecular flexibility index (Phi) is 4.66. The molecule has 86 valence electrons. The highest BCUT2D eigenvalue weighted by atomic mass is 32.1. The van der Waals surface area contributed by atoms with Crippen molar-refractivity contribution in [2.24, 2.45) is 0 Å². The van der Waals surface area contributed by atoms with Crippen LogP contribution in [0.15, 0.2) is 0 Å². The Balaban J connectivity index is 2.67. The fraction of sp³-hybridized carbons (Fsp3) is 0.700. The maximum absolute atomic E-state index is 8.96. The van der Waals surface area contributed by atoms with Gasteiger partial charge in [0, 0.05) is 10.9 Å². The average Bonchev–Trinajstić information content (AvgIpc) is 2.54. The standard InChI is InChI=1S/C10H18N2O2S/c1-6-10(15-8(3)11-6)7(2)12-9(4-13)5-14/h7,9,12-14H,4-5H2,1-3H3. The van der Waals surface area contributed by atoms with Gasteiger partial charge in [-0.1, -0.05) is 0 Å². The molecule has 0 radical (unpaired) electrons. The van der Waals surface area contributed by atoms with E-state index in [4.69, 9.17) is 10.2 Å². The summed E-state index contributed by atoms with van der Waals surface area (Å²) >= 11 is 1.65. The van der Waals surface area contributed by atoms with Crippen LogP contribution in [0.25, 0.3) is 0 Å². The Morgan fingerprint density at radius 2 is 1.93 bits per heavy atom. The molecule has 0 fully saturated rings. The van der Waals surface area contributed by atoms with E-state index in [1.54, 1.807) is 11.3 Å². The molecule has 1 heterocycles. The Hall–Kier alpha value is -0.490. The van der Waals surface area contributed by atoms with Gasteiger partial charge in [-0.3, -0.25) is 0 Å². The average molecular weight is 230 g/mol. The van der Waals surface area contributed by atoms with Gasteiger partial charge < -0.3 is 15.5 Å². The van der Waals surface area contributed by atoms with E-state index in [1.807, 2.05) is 20.8 Å². The summed E-state index contributed by atoms with van der Waals surface area (Å²) < 4.78 is 0. The van der Waals surface area contributed by atoms with Crippen LogP contribution in [0.5, 0.6) is 0 Å². The molecule has 0 bridgehead atoms. The van der Waals surface area contributed by atoms with Gasteiger partial charge >= 0.3 is 0 Å². The zero-order chi connectivity index (χ0) is 11.4. The minimum Gasteiger partial charge on any atom is -0.395 e. The fourth-order valence-electron chi connectivity index (χ4n) is 1.54. The van der Waals surface area contributed by atoms with Crippen LogP contribution in [-0.4, -0.2) is 34.5 Å². The summed E-state index contributed by atoms with van der Waals surface area (Å²) in [7, 11) is 0. The predicted molar refractivity (Wildman–Crippen MR) is 61.1 cm³/mol. The minimum absolute atomic E-state index is 0.0579. The Labute approximate surface area is 94.0 Å². The normalized spacial score (nSPS) is 13.5. The van der Waals surface area contributed by atoms with E-state index in [1.165, 1.54) is 4.88 Å². The van der Waals surface area contributed by atoms with Crippen molar-refractivity contribution in [1.82, 2.24) is 10.3 Å². The van der Waals surface area contributed by atoms with Gasteiger partial charge in [0.25, 0.3) is 0 Å². The van der Waals surface area contributed by atoms with E-state index < -0.39 is 0 Å². The van der Waals surface area contributed by atoms with Crippen LogP contribution in [0.2, 0.25) is 0 Å². The Morgan fingerprint density at radius 3 is 2.33 bits per heavy atom. The first-order chi connectivity index (χ1) is 7.08. The third-order valence-electron chi connectivity index (χ3n) is 2.26. The Bertz CT molecular complexity index is 310. The molecule has 5 heteroatoms. The number of aryl methyl sites for hydroxylation is 2. The number of hydrogen-bond acceptors (Lipinski definition) is 5. The maximum atomic E-state index is 8.96. The summed E-state index contributed by atoms with van der Waals surface area (Å²) in [4.78, 5) is 5.51. The summed E-state index contributed by atoms with van der Waals surface area (Å²) in [6, 6.07) is -0.151. The topological polar surface area (TPSA) is 65.4 Å². The van der Waals surface area contributed by atoms with Crippen molar-refractivity contribution in [3.63, 3.8) is 0 Å². The number of hydrogen-bond donors (Lipinski definition) is 3. The first kappa shape index (κ1) is 12.6. The van der Waals surface area contributed by atoms with Gasteiger partial charge in [0.1, 0.15) is 0 Å². The molecule has 0 saturated heterocycles. The highest BCUT2D eigenvalue weighted by molar-refractivity contribution is 7.11. The van der Waals surface area contributed by atoms with E-state index in [0.717, 1.165) is 10.7 Å². The SMILES string of the molecule is Cc1nc(C)c(C(C)NC(CO)CO)s1. The first-order valence-electron chi connectivity index (χ1n) is 5.00. The van der Waals surface area contributed by atoms with Gasteiger partial charge in [-0.05, 0) is 20.8 Å². The maximum Gasteiger partial charge on any atom is 0.0900 e.